The van der Waals surface area contributed by atoms with Gasteiger partial charge in [0, 0.05) is 25.2 Å². The van der Waals surface area contributed by atoms with Gasteiger partial charge in [0.25, 0.3) is 0 Å². The summed E-state index contributed by atoms with van der Waals surface area (Å²) in [6.07, 6.45) is 10.2. The van der Waals surface area contributed by atoms with E-state index in [4.69, 9.17) is 0 Å². The minimum absolute atomic E-state index is 0.703. The quantitative estimate of drug-likeness (QED) is 0.759. The molecule has 3 fully saturated rings. The molecule has 1 aliphatic carbocycles. The highest BCUT2D eigenvalue weighted by Crippen LogP contribution is 2.43. The molecule has 1 unspecified atom stereocenters. The van der Waals surface area contributed by atoms with Crippen LogP contribution in [0.25, 0.3) is 0 Å². The fourth-order valence-electron chi connectivity index (χ4n) is 5.23. The molecule has 0 bridgehead atoms. The van der Waals surface area contributed by atoms with Crippen LogP contribution in [0.15, 0.2) is 0 Å². The van der Waals surface area contributed by atoms with Crippen LogP contribution in [0.5, 0.6) is 0 Å². The Morgan fingerprint density at radius 3 is 2.05 bits per heavy atom. The Bertz CT molecular complexity index is 341. The fourth-order valence-corrected chi connectivity index (χ4v) is 5.23. The van der Waals surface area contributed by atoms with Crippen molar-refractivity contribution in [3.05, 3.63) is 0 Å². The molecular weight excluding hydrogens is 268 g/mol. The third-order valence-corrected chi connectivity index (χ3v) is 7.37. The van der Waals surface area contributed by atoms with Gasteiger partial charge in [0.15, 0.2) is 0 Å². The lowest BCUT2D eigenvalue weighted by Crippen LogP contribution is -2.62. The molecule has 1 atom stereocenters. The van der Waals surface area contributed by atoms with E-state index in [1.165, 1.54) is 71.1 Å². The lowest BCUT2D eigenvalue weighted by molar-refractivity contribution is -0.0714. The molecule has 0 aromatic heterocycles. The van der Waals surface area contributed by atoms with Crippen molar-refractivity contribution in [2.24, 2.45) is 17.3 Å². The molecule has 0 N–H and O–H groups in total. The topological polar surface area (TPSA) is 6.48 Å². The molecular formula is C20H38N2. The van der Waals surface area contributed by atoms with Gasteiger partial charge in [-0.05, 0) is 82.7 Å². The van der Waals surface area contributed by atoms with E-state index in [9.17, 15) is 0 Å². The van der Waals surface area contributed by atoms with E-state index in [0.717, 1.165) is 23.9 Å². The van der Waals surface area contributed by atoms with E-state index >= 15 is 0 Å². The first-order valence-corrected chi connectivity index (χ1v) is 10.0. The van der Waals surface area contributed by atoms with E-state index in [1.807, 2.05) is 0 Å². The van der Waals surface area contributed by atoms with Gasteiger partial charge in [-0.25, -0.2) is 0 Å². The van der Waals surface area contributed by atoms with Gasteiger partial charge in [-0.15, -0.1) is 0 Å². The van der Waals surface area contributed by atoms with Crippen LogP contribution in [-0.2, 0) is 0 Å². The molecule has 1 spiro atoms. The highest BCUT2D eigenvalue weighted by molar-refractivity contribution is 5.00. The average Bonchev–Trinajstić information content (AvgIpc) is 2.52. The SMILES string of the molecule is CCC(C)C1CCC(N2CCC3(CC2)CN(C(C)C)C3)CC1. The van der Waals surface area contributed by atoms with Crippen molar-refractivity contribution >= 4 is 0 Å². The van der Waals surface area contributed by atoms with Crippen molar-refractivity contribution < 1.29 is 0 Å². The molecule has 22 heavy (non-hydrogen) atoms. The van der Waals surface area contributed by atoms with Crippen LogP contribution in [0.2, 0.25) is 0 Å². The van der Waals surface area contributed by atoms with Gasteiger partial charge >= 0.3 is 0 Å². The molecule has 0 aromatic carbocycles. The van der Waals surface area contributed by atoms with Crippen molar-refractivity contribution in [1.29, 1.82) is 0 Å². The van der Waals surface area contributed by atoms with Crippen molar-refractivity contribution in [3.63, 3.8) is 0 Å². The van der Waals surface area contributed by atoms with Crippen molar-refractivity contribution in [3.8, 4) is 0 Å². The molecule has 2 nitrogen and oxygen atoms in total. The van der Waals surface area contributed by atoms with Crippen LogP contribution in [0.1, 0.15) is 72.6 Å². The zero-order valence-electron chi connectivity index (χ0n) is 15.5. The lowest BCUT2D eigenvalue weighted by Gasteiger charge is -2.56. The van der Waals surface area contributed by atoms with Gasteiger partial charge in [-0.2, -0.15) is 0 Å². The monoisotopic (exact) mass is 306 g/mol. The second-order valence-electron chi connectivity index (χ2n) is 8.99. The van der Waals surface area contributed by atoms with Gasteiger partial charge < -0.3 is 4.90 Å². The summed E-state index contributed by atoms with van der Waals surface area (Å²) in [5.41, 5.74) is 0.703. The third-order valence-electron chi connectivity index (χ3n) is 7.37. The Kier molecular flexibility index (Phi) is 5.19. The smallest absolute Gasteiger partial charge is 0.00954 e. The van der Waals surface area contributed by atoms with Crippen LogP contribution < -0.4 is 0 Å². The second kappa shape index (κ2) is 6.81. The zero-order chi connectivity index (χ0) is 15.7. The van der Waals surface area contributed by atoms with E-state index in [0.29, 0.717) is 5.41 Å². The first-order chi connectivity index (χ1) is 10.5. The summed E-state index contributed by atoms with van der Waals surface area (Å²) < 4.78 is 0. The predicted octanol–water partition coefficient (Wildman–Crippen LogP) is 4.40. The Labute approximate surface area is 138 Å². The maximum Gasteiger partial charge on any atom is 0.00954 e. The van der Waals surface area contributed by atoms with E-state index in [1.54, 1.807) is 0 Å². The highest BCUT2D eigenvalue weighted by Gasteiger charge is 2.46. The van der Waals surface area contributed by atoms with Gasteiger partial charge in [0.05, 0.1) is 0 Å². The summed E-state index contributed by atoms with van der Waals surface area (Å²) in [7, 11) is 0. The number of piperidine rings is 1. The van der Waals surface area contributed by atoms with Crippen LogP contribution in [0, 0.1) is 17.3 Å². The van der Waals surface area contributed by atoms with Crippen molar-refractivity contribution in [1.82, 2.24) is 9.80 Å². The number of hydrogen-bond acceptors (Lipinski definition) is 2. The second-order valence-corrected chi connectivity index (χ2v) is 8.99. The van der Waals surface area contributed by atoms with Gasteiger partial charge in [-0.1, -0.05) is 20.3 Å². The zero-order valence-corrected chi connectivity index (χ0v) is 15.5. The number of rotatable bonds is 4. The molecule has 2 heteroatoms. The lowest BCUT2D eigenvalue weighted by atomic mass is 9.70. The molecule has 0 aromatic rings. The average molecular weight is 307 g/mol. The first-order valence-electron chi connectivity index (χ1n) is 10.0. The predicted molar refractivity (Wildman–Crippen MR) is 95.2 cm³/mol. The number of nitrogens with zero attached hydrogens (tertiary/aromatic N) is 2. The highest BCUT2D eigenvalue weighted by atomic mass is 15.2. The third kappa shape index (κ3) is 3.38. The molecule has 0 radical (unpaired) electrons. The van der Waals surface area contributed by atoms with Crippen LogP contribution in [-0.4, -0.2) is 48.1 Å². The Hall–Kier alpha value is -0.0800. The van der Waals surface area contributed by atoms with E-state index in [-0.39, 0.29) is 0 Å². The molecule has 2 saturated heterocycles. The molecule has 128 valence electrons. The Morgan fingerprint density at radius 2 is 1.55 bits per heavy atom. The van der Waals surface area contributed by atoms with Gasteiger partial charge in [-0.3, -0.25) is 4.90 Å². The molecule has 2 aliphatic heterocycles. The normalized spacial score (nSPS) is 34.8. The summed E-state index contributed by atoms with van der Waals surface area (Å²) in [4.78, 5) is 5.52. The summed E-state index contributed by atoms with van der Waals surface area (Å²) in [6, 6.07) is 1.67. The van der Waals surface area contributed by atoms with Gasteiger partial charge in [0.1, 0.15) is 0 Å². The van der Waals surface area contributed by atoms with Crippen molar-refractivity contribution in [2.45, 2.75) is 84.7 Å². The minimum Gasteiger partial charge on any atom is -0.300 e. The maximum absolute atomic E-state index is 2.86. The molecule has 2 heterocycles. The number of hydrogen-bond donors (Lipinski definition) is 0. The molecule has 3 rings (SSSR count). The maximum atomic E-state index is 2.86. The Balaban J connectivity index is 1.42. The van der Waals surface area contributed by atoms with Crippen LogP contribution in [0.3, 0.4) is 0 Å². The molecule has 1 saturated carbocycles. The molecule has 3 aliphatic rings. The fraction of sp³-hybridized carbons (Fsp3) is 1.00. The summed E-state index contributed by atoms with van der Waals surface area (Å²) in [6.45, 7) is 15.0. The first kappa shape index (κ1) is 16.8. The molecule has 0 amide bonds. The Morgan fingerprint density at radius 1 is 0.955 bits per heavy atom. The van der Waals surface area contributed by atoms with Gasteiger partial charge in [0.2, 0.25) is 0 Å². The largest absolute Gasteiger partial charge is 0.300 e. The van der Waals surface area contributed by atoms with E-state index in [2.05, 4.69) is 37.5 Å². The minimum atomic E-state index is 0.703. The number of likely N-dealkylation sites (tertiary alicyclic amines) is 2. The van der Waals surface area contributed by atoms with Crippen LogP contribution >= 0.6 is 0 Å². The summed E-state index contributed by atoms with van der Waals surface area (Å²) >= 11 is 0. The standard InChI is InChI=1S/C20H38N2/c1-5-17(4)18-6-8-19(9-7-18)21-12-10-20(11-13-21)14-22(15-20)16(2)3/h16-19H,5-15H2,1-4H3. The van der Waals surface area contributed by atoms with Crippen LogP contribution in [0.4, 0.5) is 0 Å². The van der Waals surface area contributed by atoms with Crippen molar-refractivity contribution in [2.75, 3.05) is 26.2 Å². The van der Waals surface area contributed by atoms with E-state index < -0.39 is 0 Å². The summed E-state index contributed by atoms with van der Waals surface area (Å²) in [5.74, 6) is 1.96. The summed E-state index contributed by atoms with van der Waals surface area (Å²) in [5, 5.41) is 0.